The maximum Gasteiger partial charge on any atom is 0.142 e. The molecule has 112 valence electrons. The zero-order chi connectivity index (χ0) is 14.8. The molecule has 0 bridgehead atoms. The van der Waals surface area contributed by atoms with Crippen LogP contribution in [0.25, 0.3) is 0 Å². The van der Waals surface area contributed by atoms with E-state index in [0.29, 0.717) is 0 Å². The van der Waals surface area contributed by atoms with Gasteiger partial charge in [-0.3, -0.25) is 4.90 Å². The summed E-state index contributed by atoms with van der Waals surface area (Å²) in [6.07, 6.45) is 0. The summed E-state index contributed by atoms with van der Waals surface area (Å²) in [5.74, 6) is -1.04. The fourth-order valence-electron chi connectivity index (χ4n) is 2.69. The van der Waals surface area contributed by atoms with Crippen molar-refractivity contribution < 1.29 is 8.78 Å². The summed E-state index contributed by atoms with van der Waals surface area (Å²) in [5, 5.41) is 5.09. The Balaban J connectivity index is 2.09. The van der Waals surface area contributed by atoms with Crippen molar-refractivity contribution in [1.29, 1.82) is 0 Å². The molecule has 0 saturated carbocycles. The van der Waals surface area contributed by atoms with Crippen LogP contribution in [-0.2, 0) is 0 Å². The fourth-order valence-corrected chi connectivity index (χ4v) is 3.81. The van der Waals surface area contributed by atoms with Crippen LogP contribution in [-0.4, -0.2) is 31.1 Å². The van der Waals surface area contributed by atoms with E-state index in [0.717, 1.165) is 43.2 Å². The zero-order valence-corrected chi connectivity index (χ0v) is 12.9. The van der Waals surface area contributed by atoms with Crippen LogP contribution in [0.5, 0.6) is 0 Å². The van der Waals surface area contributed by atoms with Gasteiger partial charge in [0, 0.05) is 36.6 Å². The Labute approximate surface area is 131 Å². The van der Waals surface area contributed by atoms with Gasteiger partial charge in [0.05, 0.1) is 11.1 Å². The van der Waals surface area contributed by atoms with E-state index in [9.17, 15) is 8.78 Å². The first-order valence-corrected chi connectivity index (χ1v) is 8.06. The van der Waals surface area contributed by atoms with E-state index in [-0.39, 0.29) is 16.6 Å². The molecular formula is C15H15ClF2N2S. The van der Waals surface area contributed by atoms with Crippen molar-refractivity contribution in [3.8, 4) is 0 Å². The Morgan fingerprint density at radius 2 is 1.86 bits per heavy atom. The van der Waals surface area contributed by atoms with Crippen molar-refractivity contribution in [2.24, 2.45) is 0 Å². The van der Waals surface area contributed by atoms with Gasteiger partial charge in [0.15, 0.2) is 0 Å². The van der Waals surface area contributed by atoms with Crippen molar-refractivity contribution in [3.05, 3.63) is 56.7 Å². The topological polar surface area (TPSA) is 15.3 Å². The molecule has 1 N–H and O–H groups in total. The van der Waals surface area contributed by atoms with Crippen LogP contribution < -0.4 is 5.32 Å². The number of hydrogen-bond acceptors (Lipinski definition) is 3. The summed E-state index contributed by atoms with van der Waals surface area (Å²) in [6, 6.07) is 5.75. The average molecular weight is 329 g/mol. The number of nitrogens with one attached hydrogen (secondary N) is 1. The third-order valence-electron chi connectivity index (χ3n) is 3.68. The van der Waals surface area contributed by atoms with E-state index in [2.05, 4.69) is 10.2 Å². The highest BCUT2D eigenvalue weighted by Gasteiger charge is 2.30. The van der Waals surface area contributed by atoms with E-state index in [4.69, 9.17) is 11.6 Å². The zero-order valence-electron chi connectivity index (χ0n) is 11.3. The lowest BCUT2D eigenvalue weighted by Gasteiger charge is -2.35. The highest BCUT2D eigenvalue weighted by molar-refractivity contribution is 7.10. The molecule has 1 aromatic heterocycles. The number of rotatable bonds is 3. The molecule has 2 nitrogen and oxygen atoms in total. The quantitative estimate of drug-likeness (QED) is 0.865. The van der Waals surface area contributed by atoms with Crippen molar-refractivity contribution in [3.63, 3.8) is 0 Å². The first-order chi connectivity index (χ1) is 10.2. The lowest BCUT2D eigenvalue weighted by atomic mass is 10.0. The van der Waals surface area contributed by atoms with Crippen LogP contribution in [0.1, 0.15) is 16.5 Å². The van der Waals surface area contributed by atoms with Gasteiger partial charge in [0.2, 0.25) is 0 Å². The molecule has 0 spiro atoms. The molecule has 1 saturated heterocycles. The molecule has 0 amide bonds. The summed E-state index contributed by atoms with van der Waals surface area (Å²) >= 11 is 7.61. The lowest BCUT2D eigenvalue weighted by molar-refractivity contribution is 0.197. The van der Waals surface area contributed by atoms with Crippen LogP contribution in [0.2, 0.25) is 5.02 Å². The monoisotopic (exact) mass is 328 g/mol. The molecule has 2 aromatic rings. The Morgan fingerprint density at radius 3 is 2.52 bits per heavy atom. The number of benzene rings is 1. The van der Waals surface area contributed by atoms with Crippen molar-refractivity contribution >= 4 is 22.9 Å². The third kappa shape index (κ3) is 2.97. The average Bonchev–Trinajstić information content (AvgIpc) is 3.02. The van der Waals surface area contributed by atoms with Gasteiger partial charge in [-0.05, 0) is 23.6 Å². The van der Waals surface area contributed by atoms with Crippen LogP contribution in [0, 0.1) is 11.6 Å². The van der Waals surface area contributed by atoms with Gasteiger partial charge in [0.1, 0.15) is 11.6 Å². The maximum atomic E-state index is 14.3. The minimum atomic E-state index is -0.579. The van der Waals surface area contributed by atoms with Crippen molar-refractivity contribution in [2.45, 2.75) is 6.04 Å². The van der Waals surface area contributed by atoms with Crippen molar-refractivity contribution in [1.82, 2.24) is 10.2 Å². The standard InChI is InChI=1S/C15H15ClF2N2S/c16-14-11(18)4-3-10(17)13(14)15(12-2-1-9-21-12)20-7-5-19-6-8-20/h1-4,9,15,19H,5-8H2/t15-/m1/s1. The molecule has 0 radical (unpaired) electrons. The number of hydrogen-bond donors (Lipinski definition) is 1. The van der Waals surface area contributed by atoms with Gasteiger partial charge in [0.25, 0.3) is 0 Å². The summed E-state index contributed by atoms with van der Waals surface area (Å²) in [5.41, 5.74) is 0.237. The van der Waals surface area contributed by atoms with Gasteiger partial charge in [-0.2, -0.15) is 0 Å². The highest BCUT2D eigenvalue weighted by Crippen LogP contribution is 2.38. The molecule has 6 heteroatoms. The SMILES string of the molecule is Fc1ccc(F)c([C@@H](c2cccs2)N2CCNCC2)c1Cl. The van der Waals surface area contributed by atoms with Crippen molar-refractivity contribution in [2.75, 3.05) is 26.2 Å². The largest absolute Gasteiger partial charge is 0.314 e. The maximum absolute atomic E-state index is 14.3. The summed E-state index contributed by atoms with van der Waals surface area (Å²) in [4.78, 5) is 3.12. The number of piperazine rings is 1. The molecule has 2 heterocycles. The molecule has 0 aliphatic carbocycles. The third-order valence-corrected chi connectivity index (χ3v) is 4.99. The Hall–Kier alpha value is -1.01. The molecule has 1 aromatic carbocycles. The van der Waals surface area contributed by atoms with Crippen LogP contribution in [0.4, 0.5) is 8.78 Å². The van der Waals surface area contributed by atoms with Crippen LogP contribution in [0.15, 0.2) is 29.6 Å². The fraction of sp³-hybridized carbons (Fsp3) is 0.333. The van der Waals surface area contributed by atoms with Crippen LogP contribution in [0.3, 0.4) is 0 Å². The highest BCUT2D eigenvalue weighted by atomic mass is 35.5. The molecule has 1 aliphatic heterocycles. The van der Waals surface area contributed by atoms with E-state index in [1.807, 2.05) is 17.5 Å². The first-order valence-electron chi connectivity index (χ1n) is 6.80. The molecule has 21 heavy (non-hydrogen) atoms. The molecular weight excluding hydrogens is 314 g/mol. The van der Waals surface area contributed by atoms with E-state index in [1.165, 1.54) is 11.3 Å². The number of thiophene rings is 1. The minimum absolute atomic E-state index is 0.119. The summed E-state index contributed by atoms with van der Waals surface area (Å²) in [7, 11) is 0. The second-order valence-corrected chi connectivity index (χ2v) is 6.32. The predicted octanol–water partition coefficient (Wildman–Crippen LogP) is 3.67. The van der Waals surface area contributed by atoms with Gasteiger partial charge in [-0.15, -0.1) is 11.3 Å². The molecule has 1 aliphatic rings. The van der Waals surface area contributed by atoms with E-state index < -0.39 is 11.6 Å². The number of nitrogens with zero attached hydrogens (tertiary/aromatic N) is 1. The molecule has 1 fully saturated rings. The lowest BCUT2D eigenvalue weighted by Crippen LogP contribution is -2.45. The Bertz CT molecular complexity index is 612. The smallest absolute Gasteiger partial charge is 0.142 e. The molecule has 3 rings (SSSR count). The predicted molar refractivity (Wildman–Crippen MR) is 82.0 cm³/mol. The summed E-state index contributed by atoms with van der Waals surface area (Å²) in [6.45, 7) is 3.20. The second kappa shape index (κ2) is 6.40. The second-order valence-electron chi connectivity index (χ2n) is 4.96. The van der Waals surface area contributed by atoms with Gasteiger partial charge in [-0.25, -0.2) is 8.78 Å². The Morgan fingerprint density at radius 1 is 1.14 bits per heavy atom. The minimum Gasteiger partial charge on any atom is -0.314 e. The van der Waals surface area contributed by atoms with Crippen LogP contribution >= 0.6 is 22.9 Å². The van der Waals surface area contributed by atoms with Gasteiger partial charge < -0.3 is 5.32 Å². The van der Waals surface area contributed by atoms with Gasteiger partial charge >= 0.3 is 0 Å². The van der Waals surface area contributed by atoms with E-state index >= 15 is 0 Å². The number of halogens is 3. The normalized spacial score (nSPS) is 17.9. The van der Waals surface area contributed by atoms with E-state index in [1.54, 1.807) is 0 Å². The first kappa shape index (κ1) is 14.9. The summed E-state index contributed by atoms with van der Waals surface area (Å²) < 4.78 is 28.1. The van der Waals surface area contributed by atoms with Gasteiger partial charge in [-0.1, -0.05) is 17.7 Å². The Kier molecular flexibility index (Phi) is 4.54. The molecule has 1 atom stereocenters. The molecule has 0 unspecified atom stereocenters.